The van der Waals surface area contributed by atoms with Crippen molar-refractivity contribution in [2.45, 2.75) is 76.3 Å². The van der Waals surface area contributed by atoms with Crippen molar-refractivity contribution in [3.8, 4) is 11.3 Å². The van der Waals surface area contributed by atoms with E-state index in [9.17, 15) is 14.9 Å². The van der Waals surface area contributed by atoms with E-state index in [0.717, 1.165) is 43.7 Å². The number of thioether (sulfide) groups is 1. The van der Waals surface area contributed by atoms with Crippen molar-refractivity contribution in [3.05, 3.63) is 57.2 Å². The molecule has 1 aromatic heterocycles. The highest BCUT2D eigenvalue weighted by Gasteiger charge is 2.39. The molecular formula is C26H29N3O4S. The molecule has 178 valence electrons. The number of para-hydroxylation sites is 1. The maximum Gasteiger partial charge on any atom is 0.280 e. The summed E-state index contributed by atoms with van der Waals surface area (Å²) in [5.41, 5.74) is 0.415. The second kappa shape index (κ2) is 10.2. The lowest BCUT2D eigenvalue weighted by molar-refractivity contribution is -0.384. The second-order valence-corrected chi connectivity index (χ2v) is 10.3. The van der Waals surface area contributed by atoms with Gasteiger partial charge in [-0.15, -0.1) is 0 Å². The Labute approximate surface area is 203 Å². The zero-order valence-corrected chi connectivity index (χ0v) is 20.0. The topological polar surface area (TPSA) is 88.9 Å². The smallest absolute Gasteiger partial charge is 0.280 e. The van der Waals surface area contributed by atoms with E-state index in [1.54, 1.807) is 36.4 Å². The molecule has 0 bridgehead atoms. The van der Waals surface area contributed by atoms with Crippen LogP contribution in [-0.4, -0.2) is 33.0 Å². The molecule has 0 N–H and O–H groups in total. The number of nitro groups is 1. The minimum Gasteiger partial charge on any atom is -0.456 e. The summed E-state index contributed by atoms with van der Waals surface area (Å²) in [6.07, 6.45) is 13.2. The highest BCUT2D eigenvalue weighted by molar-refractivity contribution is 8.18. The van der Waals surface area contributed by atoms with Gasteiger partial charge in [0.2, 0.25) is 0 Å². The Balaban J connectivity index is 1.43. The summed E-state index contributed by atoms with van der Waals surface area (Å²) in [6, 6.07) is 10.5. The number of nitro benzene ring substituents is 1. The van der Waals surface area contributed by atoms with Crippen molar-refractivity contribution in [1.29, 1.82) is 0 Å². The molecule has 7 nitrogen and oxygen atoms in total. The Bertz CT molecular complexity index is 1130. The molecule has 3 fully saturated rings. The van der Waals surface area contributed by atoms with E-state index >= 15 is 0 Å². The lowest BCUT2D eigenvalue weighted by Gasteiger charge is -2.31. The summed E-state index contributed by atoms with van der Waals surface area (Å²) in [5, 5.41) is 12.2. The fourth-order valence-electron chi connectivity index (χ4n) is 5.15. The van der Waals surface area contributed by atoms with Crippen LogP contribution in [0.25, 0.3) is 17.4 Å². The number of nitrogens with zero attached hydrogens (tertiary/aromatic N) is 3. The number of furan rings is 1. The van der Waals surface area contributed by atoms with Crippen molar-refractivity contribution < 1.29 is 14.1 Å². The average Bonchev–Trinajstić information content (AvgIpc) is 3.45. The number of amides is 1. The first kappa shape index (κ1) is 22.9. The van der Waals surface area contributed by atoms with Gasteiger partial charge >= 0.3 is 0 Å². The lowest BCUT2D eigenvalue weighted by Crippen LogP contribution is -2.41. The third-order valence-electron chi connectivity index (χ3n) is 6.91. The largest absolute Gasteiger partial charge is 0.456 e. The Morgan fingerprint density at radius 2 is 1.71 bits per heavy atom. The number of hydrogen-bond acceptors (Lipinski definition) is 6. The molecule has 0 spiro atoms. The van der Waals surface area contributed by atoms with Crippen LogP contribution in [0.5, 0.6) is 0 Å². The second-order valence-electron chi connectivity index (χ2n) is 9.26. The van der Waals surface area contributed by atoms with Gasteiger partial charge in [0.25, 0.3) is 11.6 Å². The van der Waals surface area contributed by atoms with Crippen molar-refractivity contribution in [1.82, 2.24) is 4.90 Å². The van der Waals surface area contributed by atoms with Gasteiger partial charge in [-0.05, 0) is 55.6 Å². The van der Waals surface area contributed by atoms with E-state index in [-0.39, 0.29) is 17.6 Å². The Kier molecular flexibility index (Phi) is 6.85. The monoisotopic (exact) mass is 479 g/mol. The number of rotatable bonds is 5. The SMILES string of the molecule is O=C1C(=Cc2ccc(-c3ccccc3[N+](=O)[O-])o2)SC(=NC2CCCCC2)N1C1CCCCC1. The summed E-state index contributed by atoms with van der Waals surface area (Å²) in [7, 11) is 0. The predicted octanol–water partition coefficient (Wildman–Crippen LogP) is 6.79. The molecule has 2 saturated carbocycles. The number of benzene rings is 1. The zero-order chi connectivity index (χ0) is 23.5. The molecule has 1 saturated heterocycles. The van der Waals surface area contributed by atoms with Crippen molar-refractivity contribution in [3.63, 3.8) is 0 Å². The highest BCUT2D eigenvalue weighted by Crippen LogP contribution is 2.39. The first-order valence-electron chi connectivity index (χ1n) is 12.2. The van der Waals surface area contributed by atoms with Gasteiger partial charge in [-0.1, -0.05) is 50.7 Å². The van der Waals surface area contributed by atoms with Gasteiger partial charge in [0.15, 0.2) is 5.17 Å². The molecule has 1 amide bonds. The molecule has 2 heterocycles. The summed E-state index contributed by atoms with van der Waals surface area (Å²) in [5.74, 6) is 0.913. The molecular weight excluding hydrogens is 450 g/mol. The van der Waals surface area contributed by atoms with E-state index in [4.69, 9.17) is 9.41 Å². The molecule has 34 heavy (non-hydrogen) atoms. The third kappa shape index (κ3) is 4.82. The quantitative estimate of drug-likeness (QED) is 0.267. The summed E-state index contributed by atoms with van der Waals surface area (Å²) < 4.78 is 5.93. The summed E-state index contributed by atoms with van der Waals surface area (Å²) in [6.45, 7) is 0. The molecule has 1 aliphatic heterocycles. The van der Waals surface area contributed by atoms with Crippen molar-refractivity contribution in [2.24, 2.45) is 4.99 Å². The number of hydrogen-bond donors (Lipinski definition) is 0. The molecule has 2 aliphatic carbocycles. The highest BCUT2D eigenvalue weighted by atomic mass is 32.2. The standard InChI is InChI=1S/C26H29N3O4S/c30-25-24(17-20-15-16-23(33-20)21-13-7-8-14-22(21)29(31)32)34-26(27-18-9-3-1-4-10-18)28(25)19-11-5-2-6-12-19/h7-8,13-19H,1-6,9-12H2. The molecule has 1 aromatic carbocycles. The molecule has 8 heteroatoms. The number of amidine groups is 1. The fraction of sp³-hybridized carbons (Fsp3) is 0.462. The number of carbonyl (C=O) groups is 1. The van der Waals surface area contributed by atoms with Crippen molar-refractivity contribution >= 4 is 34.6 Å². The van der Waals surface area contributed by atoms with E-state index in [2.05, 4.69) is 0 Å². The van der Waals surface area contributed by atoms with Crippen LogP contribution >= 0.6 is 11.8 Å². The van der Waals surface area contributed by atoms with Crippen molar-refractivity contribution in [2.75, 3.05) is 0 Å². The Morgan fingerprint density at radius 3 is 2.44 bits per heavy atom. The number of carbonyl (C=O) groups excluding carboxylic acids is 1. The van der Waals surface area contributed by atoms with E-state index in [0.29, 0.717) is 28.0 Å². The van der Waals surface area contributed by atoms with E-state index in [1.165, 1.54) is 43.5 Å². The lowest BCUT2D eigenvalue weighted by atomic mass is 9.94. The number of aliphatic imine (C=N–C) groups is 1. The van der Waals surface area contributed by atoms with Crippen LogP contribution in [0.1, 0.15) is 70.0 Å². The van der Waals surface area contributed by atoms with Crippen LogP contribution in [0, 0.1) is 10.1 Å². The molecule has 5 rings (SSSR count). The van der Waals surface area contributed by atoms with Gasteiger partial charge in [0.05, 0.1) is 21.4 Å². The molecule has 2 aromatic rings. The first-order chi connectivity index (χ1) is 16.6. The average molecular weight is 480 g/mol. The Morgan fingerprint density at radius 1 is 1.00 bits per heavy atom. The fourth-order valence-corrected chi connectivity index (χ4v) is 6.24. The van der Waals surface area contributed by atoms with Gasteiger partial charge in [-0.3, -0.25) is 24.8 Å². The maximum atomic E-state index is 13.5. The molecule has 0 atom stereocenters. The molecule has 0 radical (unpaired) electrons. The minimum atomic E-state index is -0.414. The van der Waals surface area contributed by atoms with Gasteiger partial charge in [0, 0.05) is 18.2 Å². The first-order valence-corrected chi connectivity index (χ1v) is 13.1. The van der Waals surface area contributed by atoms with E-state index in [1.807, 2.05) is 4.90 Å². The third-order valence-corrected chi connectivity index (χ3v) is 7.91. The van der Waals surface area contributed by atoms with Gasteiger partial charge in [-0.2, -0.15) is 0 Å². The minimum absolute atomic E-state index is 0.00454. The Hall–Kier alpha value is -2.87. The van der Waals surface area contributed by atoms with E-state index < -0.39 is 4.92 Å². The van der Waals surface area contributed by atoms with Gasteiger partial charge in [0.1, 0.15) is 11.5 Å². The predicted molar refractivity (Wildman–Crippen MR) is 134 cm³/mol. The van der Waals surface area contributed by atoms with Crippen LogP contribution in [0.2, 0.25) is 0 Å². The van der Waals surface area contributed by atoms with Crippen LogP contribution < -0.4 is 0 Å². The van der Waals surface area contributed by atoms with Gasteiger partial charge in [-0.25, -0.2) is 0 Å². The van der Waals surface area contributed by atoms with Gasteiger partial charge < -0.3 is 4.42 Å². The zero-order valence-electron chi connectivity index (χ0n) is 19.2. The molecule has 3 aliphatic rings. The normalized spacial score (nSPS) is 22.7. The molecule has 0 unspecified atom stereocenters. The summed E-state index contributed by atoms with van der Waals surface area (Å²) >= 11 is 1.44. The van der Waals surface area contributed by atoms with Crippen LogP contribution in [0.4, 0.5) is 5.69 Å². The van der Waals surface area contributed by atoms with Crippen LogP contribution in [-0.2, 0) is 4.79 Å². The van der Waals surface area contributed by atoms with Crippen LogP contribution in [0.3, 0.4) is 0 Å². The van der Waals surface area contributed by atoms with Crippen LogP contribution in [0.15, 0.2) is 50.7 Å². The summed E-state index contributed by atoms with van der Waals surface area (Å²) in [4.78, 5) is 32.1. The maximum absolute atomic E-state index is 13.5.